The van der Waals surface area contributed by atoms with Gasteiger partial charge in [-0.25, -0.2) is 0 Å². The molecule has 2 aromatic rings. The molecule has 1 aliphatic rings. The van der Waals surface area contributed by atoms with E-state index in [9.17, 15) is 0 Å². The van der Waals surface area contributed by atoms with E-state index in [1.54, 1.807) is 7.11 Å². The van der Waals surface area contributed by atoms with Crippen LogP contribution in [0.25, 0.3) is 0 Å². The molecule has 1 heterocycles. The number of nitrogens with one attached hydrogen (secondary N) is 1. The van der Waals surface area contributed by atoms with Crippen LogP contribution in [-0.4, -0.2) is 33.2 Å². The second-order valence-electron chi connectivity index (χ2n) is 6.10. The summed E-state index contributed by atoms with van der Waals surface area (Å²) >= 11 is 0. The number of rotatable bonds is 4. The SMILES string of the molecule is CN=C(NCC(C)c1ccccc1OC)N1CCc2ccccc21. The monoisotopic (exact) mass is 323 g/mol. The van der Waals surface area contributed by atoms with Gasteiger partial charge in [0.15, 0.2) is 5.96 Å². The van der Waals surface area contributed by atoms with Gasteiger partial charge < -0.3 is 15.0 Å². The van der Waals surface area contributed by atoms with E-state index >= 15 is 0 Å². The van der Waals surface area contributed by atoms with Gasteiger partial charge in [0, 0.05) is 31.7 Å². The lowest BCUT2D eigenvalue weighted by Crippen LogP contribution is -2.42. The topological polar surface area (TPSA) is 36.9 Å². The van der Waals surface area contributed by atoms with Gasteiger partial charge in [-0.05, 0) is 29.7 Å². The van der Waals surface area contributed by atoms with Gasteiger partial charge in [0.25, 0.3) is 0 Å². The van der Waals surface area contributed by atoms with Crippen LogP contribution in [0, 0.1) is 0 Å². The number of methoxy groups -OCH3 is 1. The van der Waals surface area contributed by atoms with Crippen molar-refractivity contribution in [3.8, 4) is 5.75 Å². The molecule has 1 unspecified atom stereocenters. The summed E-state index contributed by atoms with van der Waals surface area (Å²) in [4.78, 5) is 6.75. The lowest BCUT2D eigenvalue weighted by molar-refractivity contribution is 0.406. The van der Waals surface area contributed by atoms with Crippen LogP contribution in [0.15, 0.2) is 53.5 Å². The number of aliphatic imine (C=N–C) groups is 1. The van der Waals surface area contributed by atoms with E-state index in [-0.39, 0.29) is 0 Å². The van der Waals surface area contributed by atoms with Crippen LogP contribution in [0.2, 0.25) is 0 Å². The van der Waals surface area contributed by atoms with Crippen LogP contribution in [-0.2, 0) is 6.42 Å². The molecule has 0 saturated heterocycles. The molecule has 4 nitrogen and oxygen atoms in total. The number of benzene rings is 2. The van der Waals surface area contributed by atoms with E-state index < -0.39 is 0 Å². The molecule has 3 rings (SSSR count). The van der Waals surface area contributed by atoms with Gasteiger partial charge in [-0.1, -0.05) is 43.3 Å². The third kappa shape index (κ3) is 3.23. The second kappa shape index (κ2) is 7.39. The third-order valence-corrected chi connectivity index (χ3v) is 4.59. The minimum Gasteiger partial charge on any atom is -0.496 e. The van der Waals surface area contributed by atoms with Gasteiger partial charge in [-0.3, -0.25) is 4.99 Å². The highest BCUT2D eigenvalue weighted by Gasteiger charge is 2.22. The summed E-state index contributed by atoms with van der Waals surface area (Å²) < 4.78 is 5.48. The highest BCUT2D eigenvalue weighted by Crippen LogP contribution is 2.28. The van der Waals surface area contributed by atoms with E-state index in [4.69, 9.17) is 4.74 Å². The highest BCUT2D eigenvalue weighted by molar-refractivity contribution is 5.97. The van der Waals surface area contributed by atoms with Crippen LogP contribution in [0.5, 0.6) is 5.75 Å². The molecule has 0 saturated carbocycles. The third-order valence-electron chi connectivity index (χ3n) is 4.59. The Bertz CT molecular complexity index is 726. The van der Waals surface area contributed by atoms with E-state index in [0.717, 1.165) is 31.2 Å². The van der Waals surface area contributed by atoms with Crippen molar-refractivity contribution in [2.75, 3.05) is 32.1 Å². The molecule has 1 aliphatic heterocycles. The number of ether oxygens (including phenoxy) is 1. The smallest absolute Gasteiger partial charge is 0.198 e. The Morgan fingerprint density at radius 2 is 1.96 bits per heavy atom. The molecule has 0 fully saturated rings. The van der Waals surface area contributed by atoms with E-state index in [1.165, 1.54) is 16.8 Å². The molecule has 4 heteroatoms. The highest BCUT2D eigenvalue weighted by atomic mass is 16.5. The van der Waals surface area contributed by atoms with Crippen LogP contribution in [0.4, 0.5) is 5.69 Å². The average Bonchev–Trinajstić information content (AvgIpc) is 3.06. The molecule has 0 aromatic heterocycles. The average molecular weight is 323 g/mol. The molecule has 2 aromatic carbocycles. The molecule has 0 bridgehead atoms. The lowest BCUT2D eigenvalue weighted by atomic mass is 10.0. The normalized spacial score (nSPS) is 15.1. The van der Waals surface area contributed by atoms with Crippen molar-refractivity contribution in [2.24, 2.45) is 4.99 Å². The number of hydrogen-bond donors (Lipinski definition) is 1. The molecule has 0 spiro atoms. The summed E-state index contributed by atoms with van der Waals surface area (Å²) in [5.41, 5.74) is 3.86. The predicted octanol–water partition coefficient (Wildman–Crippen LogP) is 3.44. The van der Waals surface area contributed by atoms with E-state index in [0.29, 0.717) is 5.92 Å². The minimum atomic E-state index is 0.329. The molecule has 0 radical (unpaired) electrons. The molecule has 0 aliphatic carbocycles. The molecule has 1 N–H and O–H groups in total. The van der Waals surface area contributed by atoms with Crippen molar-refractivity contribution >= 4 is 11.6 Å². The Labute approximate surface area is 144 Å². The first-order valence-electron chi connectivity index (χ1n) is 8.43. The fourth-order valence-electron chi connectivity index (χ4n) is 3.28. The van der Waals surface area contributed by atoms with Gasteiger partial charge in [0.05, 0.1) is 7.11 Å². The maximum absolute atomic E-state index is 5.48. The summed E-state index contributed by atoms with van der Waals surface area (Å²) in [7, 11) is 3.57. The van der Waals surface area contributed by atoms with Gasteiger partial charge in [-0.2, -0.15) is 0 Å². The molecule has 24 heavy (non-hydrogen) atoms. The van der Waals surface area contributed by atoms with Gasteiger partial charge >= 0.3 is 0 Å². The van der Waals surface area contributed by atoms with Crippen molar-refractivity contribution in [1.29, 1.82) is 0 Å². The summed E-state index contributed by atoms with van der Waals surface area (Å²) in [6.07, 6.45) is 1.07. The Morgan fingerprint density at radius 1 is 1.21 bits per heavy atom. The van der Waals surface area contributed by atoms with Crippen LogP contribution < -0.4 is 15.0 Å². The second-order valence-corrected chi connectivity index (χ2v) is 6.10. The maximum Gasteiger partial charge on any atom is 0.198 e. The van der Waals surface area contributed by atoms with Crippen molar-refractivity contribution in [3.63, 3.8) is 0 Å². The first-order chi connectivity index (χ1) is 11.7. The number of anilines is 1. The van der Waals surface area contributed by atoms with E-state index in [2.05, 4.69) is 58.5 Å². The van der Waals surface area contributed by atoms with Crippen molar-refractivity contribution in [3.05, 3.63) is 59.7 Å². The summed E-state index contributed by atoms with van der Waals surface area (Å²) in [5.74, 6) is 2.20. The largest absolute Gasteiger partial charge is 0.496 e. The standard InChI is InChI=1S/C20H25N3O/c1-15(17-9-5-7-11-19(17)24-3)14-22-20(21-2)23-13-12-16-8-4-6-10-18(16)23/h4-11,15H,12-14H2,1-3H3,(H,21,22). The molecular formula is C20H25N3O. The molecular weight excluding hydrogens is 298 g/mol. The summed E-state index contributed by atoms with van der Waals surface area (Å²) in [5, 5.41) is 3.52. The van der Waals surface area contributed by atoms with Crippen molar-refractivity contribution in [2.45, 2.75) is 19.3 Å². The maximum atomic E-state index is 5.48. The number of guanidine groups is 1. The zero-order valence-corrected chi connectivity index (χ0v) is 14.6. The number of hydrogen-bond acceptors (Lipinski definition) is 2. The van der Waals surface area contributed by atoms with Crippen molar-refractivity contribution < 1.29 is 4.74 Å². The Balaban J connectivity index is 1.69. The molecule has 0 amide bonds. The Morgan fingerprint density at radius 3 is 2.75 bits per heavy atom. The van der Waals surface area contributed by atoms with Gasteiger partial charge in [0.1, 0.15) is 5.75 Å². The van der Waals surface area contributed by atoms with Gasteiger partial charge in [-0.15, -0.1) is 0 Å². The lowest BCUT2D eigenvalue weighted by Gasteiger charge is -2.24. The van der Waals surface area contributed by atoms with Crippen LogP contribution in [0.3, 0.4) is 0 Å². The van der Waals surface area contributed by atoms with E-state index in [1.807, 2.05) is 19.2 Å². The first-order valence-corrected chi connectivity index (χ1v) is 8.43. The van der Waals surface area contributed by atoms with Crippen LogP contribution in [0.1, 0.15) is 24.0 Å². The first kappa shape index (κ1) is 16.4. The summed E-state index contributed by atoms with van der Waals surface area (Å²) in [6.45, 7) is 3.99. The van der Waals surface area contributed by atoms with Gasteiger partial charge in [0.2, 0.25) is 0 Å². The Hall–Kier alpha value is -2.49. The number of nitrogens with zero attached hydrogens (tertiary/aromatic N) is 2. The van der Waals surface area contributed by atoms with Crippen LogP contribution >= 0.6 is 0 Å². The zero-order valence-electron chi connectivity index (χ0n) is 14.6. The fourth-order valence-corrected chi connectivity index (χ4v) is 3.28. The number of fused-ring (bicyclic) bond motifs is 1. The fraction of sp³-hybridized carbons (Fsp3) is 0.350. The molecule has 1 atom stereocenters. The molecule has 126 valence electrons. The predicted molar refractivity (Wildman–Crippen MR) is 100 cm³/mol. The zero-order chi connectivity index (χ0) is 16.9. The quantitative estimate of drug-likeness (QED) is 0.692. The Kier molecular flexibility index (Phi) is 5.04. The number of para-hydroxylation sites is 2. The van der Waals surface area contributed by atoms with Crippen molar-refractivity contribution in [1.82, 2.24) is 5.32 Å². The summed E-state index contributed by atoms with van der Waals surface area (Å²) in [6, 6.07) is 16.7. The minimum absolute atomic E-state index is 0.329.